The highest BCUT2D eigenvalue weighted by Crippen LogP contribution is 2.35. The Morgan fingerprint density at radius 2 is 2.05 bits per heavy atom. The number of rotatable bonds is 1. The predicted octanol–water partition coefficient (Wildman–Crippen LogP) is 4.15. The highest BCUT2D eigenvalue weighted by Gasteiger charge is 2.24. The Balaban J connectivity index is 1.73. The molecule has 2 aliphatic heterocycles. The first-order valence-electron chi connectivity index (χ1n) is 6.79. The lowest BCUT2D eigenvalue weighted by Gasteiger charge is -2.27. The molecule has 3 aliphatic rings. The SMILES string of the molecule is C1=CCC2=C(C3C=Cc4ccccc4O3)C=COC2=C1. The molecule has 1 aliphatic carbocycles. The third-order valence-electron chi connectivity index (χ3n) is 3.72. The molecular formula is C18H14O2. The van der Waals surface area contributed by atoms with Crippen LogP contribution in [0.1, 0.15) is 12.0 Å². The van der Waals surface area contributed by atoms with Crippen molar-refractivity contribution >= 4 is 6.08 Å². The van der Waals surface area contributed by atoms with Gasteiger partial charge in [-0.2, -0.15) is 0 Å². The van der Waals surface area contributed by atoms with Gasteiger partial charge in [0, 0.05) is 16.7 Å². The molecule has 2 heterocycles. The Morgan fingerprint density at radius 1 is 1.10 bits per heavy atom. The molecule has 0 saturated heterocycles. The number of para-hydroxylation sites is 1. The molecule has 0 spiro atoms. The fourth-order valence-electron chi connectivity index (χ4n) is 2.72. The molecule has 0 amide bonds. The minimum absolute atomic E-state index is 0.0463. The van der Waals surface area contributed by atoms with E-state index in [1.807, 2.05) is 36.4 Å². The van der Waals surface area contributed by atoms with Gasteiger partial charge in [-0.3, -0.25) is 0 Å². The van der Waals surface area contributed by atoms with Gasteiger partial charge >= 0.3 is 0 Å². The lowest BCUT2D eigenvalue weighted by atomic mass is 9.93. The lowest BCUT2D eigenvalue weighted by molar-refractivity contribution is 0.275. The van der Waals surface area contributed by atoms with Gasteiger partial charge in [-0.25, -0.2) is 0 Å². The first-order chi connectivity index (χ1) is 9.92. The van der Waals surface area contributed by atoms with E-state index in [1.165, 1.54) is 11.1 Å². The second-order valence-corrected chi connectivity index (χ2v) is 4.95. The summed E-state index contributed by atoms with van der Waals surface area (Å²) < 4.78 is 11.7. The minimum Gasteiger partial charge on any atom is -0.481 e. The van der Waals surface area contributed by atoms with Crippen LogP contribution in [-0.2, 0) is 4.74 Å². The summed E-state index contributed by atoms with van der Waals surface area (Å²) in [5.74, 6) is 1.87. The van der Waals surface area contributed by atoms with Crippen molar-refractivity contribution < 1.29 is 9.47 Å². The molecule has 98 valence electrons. The van der Waals surface area contributed by atoms with Crippen LogP contribution in [0.5, 0.6) is 5.75 Å². The molecule has 1 aromatic rings. The monoisotopic (exact) mass is 262 g/mol. The van der Waals surface area contributed by atoms with Gasteiger partial charge in [0.25, 0.3) is 0 Å². The number of benzene rings is 1. The van der Waals surface area contributed by atoms with Crippen molar-refractivity contribution in [1.29, 1.82) is 0 Å². The average molecular weight is 262 g/mol. The van der Waals surface area contributed by atoms with Gasteiger partial charge in [0.05, 0.1) is 6.26 Å². The zero-order chi connectivity index (χ0) is 13.4. The second-order valence-electron chi connectivity index (χ2n) is 4.95. The van der Waals surface area contributed by atoms with E-state index >= 15 is 0 Å². The quantitative estimate of drug-likeness (QED) is 0.757. The Bertz CT molecular complexity index is 702. The van der Waals surface area contributed by atoms with Crippen molar-refractivity contribution in [3.05, 3.63) is 83.4 Å². The molecule has 4 rings (SSSR count). The first kappa shape index (κ1) is 11.4. The smallest absolute Gasteiger partial charge is 0.143 e. The topological polar surface area (TPSA) is 18.5 Å². The molecule has 0 saturated carbocycles. The zero-order valence-corrected chi connectivity index (χ0v) is 11.0. The molecule has 0 fully saturated rings. The highest BCUT2D eigenvalue weighted by molar-refractivity contribution is 5.62. The van der Waals surface area contributed by atoms with E-state index in [0.717, 1.165) is 23.5 Å². The molecule has 0 bridgehead atoms. The first-order valence-corrected chi connectivity index (χ1v) is 6.79. The van der Waals surface area contributed by atoms with Gasteiger partial charge < -0.3 is 9.47 Å². The van der Waals surface area contributed by atoms with Crippen LogP contribution in [0.15, 0.2) is 77.8 Å². The summed E-state index contributed by atoms with van der Waals surface area (Å²) in [5, 5.41) is 0. The lowest BCUT2D eigenvalue weighted by Crippen LogP contribution is -2.22. The van der Waals surface area contributed by atoms with Gasteiger partial charge in [0.2, 0.25) is 0 Å². The number of hydrogen-bond donors (Lipinski definition) is 0. The fourth-order valence-corrected chi connectivity index (χ4v) is 2.72. The van der Waals surface area contributed by atoms with E-state index < -0.39 is 0 Å². The van der Waals surface area contributed by atoms with Crippen molar-refractivity contribution in [3.63, 3.8) is 0 Å². The molecule has 0 radical (unpaired) electrons. The van der Waals surface area contributed by atoms with Crippen LogP contribution < -0.4 is 4.74 Å². The largest absolute Gasteiger partial charge is 0.481 e. The van der Waals surface area contributed by atoms with Gasteiger partial charge in [-0.05, 0) is 30.7 Å². The zero-order valence-electron chi connectivity index (χ0n) is 11.0. The van der Waals surface area contributed by atoms with Gasteiger partial charge in [-0.1, -0.05) is 36.4 Å². The highest BCUT2D eigenvalue weighted by atomic mass is 16.5. The van der Waals surface area contributed by atoms with Gasteiger partial charge in [-0.15, -0.1) is 0 Å². The molecule has 2 heteroatoms. The molecule has 20 heavy (non-hydrogen) atoms. The van der Waals surface area contributed by atoms with E-state index in [0.29, 0.717) is 0 Å². The fraction of sp³-hybridized carbons (Fsp3) is 0.111. The molecular weight excluding hydrogens is 248 g/mol. The summed E-state index contributed by atoms with van der Waals surface area (Å²) in [6.45, 7) is 0. The number of fused-ring (bicyclic) bond motifs is 2. The maximum atomic E-state index is 6.12. The molecule has 1 aromatic carbocycles. The Hall–Kier alpha value is -2.48. The summed E-state index contributed by atoms with van der Waals surface area (Å²) in [7, 11) is 0. The molecule has 1 atom stereocenters. The van der Waals surface area contributed by atoms with Gasteiger partial charge in [0.15, 0.2) is 0 Å². The second kappa shape index (κ2) is 4.57. The standard InChI is InChI=1S/C18H14O2/c1-3-7-16-13(5-1)9-10-18(20-16)15-11-12-19-17-8-4-2-6-14(15)17/h1-5,7-12,18H,6H2. The minimum atomic E-state index is -0.0463. The molecule has 1 unspecified atom stereocenters. The molecule has 0 N–H and O–H groups in total. The van der Waals surface area contributed by atoms with Crippen LogP contribution in [0.3, 0.4) is 0 Å². The van der Waals surface area contributed by atoms with Crippen LogP contribution >= 0.6 is 0 Å². The normalized spacial score (nSPS) is 22.6. The summed E-state index contributed by atoms with van der Waals surface area (Å²) in [4.78, 5) is 0. The van der Waals surface area contributed by atoms with E-state index in [2.05, 4.69) is 24.3 Å². The van der Waals surface area contributed by atoms with Crippen LogP contribution in [0, 0.1) is 0 Å². The van der Waals surface area contributed by atoms with Crippen LogP contribution in [-0.4, -0.2) is 6.10 Å². The Morgan fingerprint density at radius 3 is 3.05 bits per heavy atom. The van der Waals surface area contributed by atoms with Gasteiger partial charge in [0.1, 0.15) is 17.6 Å². The Labute approximate surface area is 118 Å². The van der Waals surface area contributed by atoms with Crippen molar-refractivity contribution in [2.75, 3.05) is 0 Å². The van der Waals surface area contributed by atoms with Crippen LogP contribution in [0.2, 0.25) is 0 Å². The number of hydrogen-bond acceptors (Lipinski definition) is 2. The van der Waals surface area contributed by atoms with Crippen molar-refractivity contribution in [3.8, 4) is 5.75 Å². The third kappa shape index (κ3) is 1.81. The van der Waals surface area contributed by atoms with E-state index in [4.69, 9.17) is 9.47 Å². The molecule has 0 aromatic heterocycles. The predicted molar refractivity (Wildman–Crippen MR) is 79.0 cm³/mol. The van der Waals surface area contributed by atoms with Crippen molar-refractivity contribution in [2.45, 2.75) is 12.5 Å². The van der Waals surface area contributed by atoms with Crippen molar-refractivity contribution in [2.24, 2.45) is 0 Å². The summed E-state index contributed by atoms with van der Waals surface area (Å²) in [5.41, 5.74) is 3.52. The maximum Gasteiger partial charge on any atom is 0.143 e. The summed E-state index contributed by atoms with van der Waals surface area (Å²) in [6, 6.07) is 8.10. The van der Waals surface area contributed by atoms with E-state index in [1.54, 1.807) is 6.26 Å². The van der Waals surface area contributed by atoms with Crippen molar-refractivity contribution in [1.82, 2.24) is 0 Å². The van der Waals surface area contributed by atoms with E-state index in [-0.39, 0.29) is 6.10 Å². The number of allylic oxidation sites excluding steroid dienone is 4. The third-order valence-corrected chi connectivity index (χ3v) is 3.72. The maximum absolute atomic E-state index is 6.12. The Kier molecular flexibility index (Phi) is 2.59. The van der Waals surface area contributed by atoms with Crippen LogP contribution in [0.25, 0.3) is 6.08 Å². The molecule has 2 nitrogen and oxygen atoms in total. The van der Waals surface area contributed by atoms with E-state index in [9.17, 15) is 0 Å². The number of ether oxygens (including phenoxy) is 2. The summed E-state index contributed by atoms with van der Waals surface area (Å²) >= 11 is 0. The summed E-state index contributed by atoms with van der Waals surface area (Å²) in [6.07, 6.45) is 15.0. The van der Waals surface area contributed by atoms with Crippen LogP contribution in [0.4, 0.5) is 0 Å². The average Bonchev–Trinajstić information content (AvgIpc) is 2.54.